The van der Waals surface area contributed by atoms with E-state index in [9.17, 15) is 13.2 Å². The van der Waals surface area contributed by atoms with Gasteiger partial charge in [-0.25, -0.2) is 0 Å². The molecule has 104 valence electrons. The molecule has 0 saturated carbocycles. The number of nitrogens with one attached hydrogen (secondary N) is 1. The van der Waals surface area contributed by atoms with Crippen LogP contribution in [-0.4, -0.2) is 5.71 Å². The van der Waals surface area contributed by atoms with Gasteiger partial charge < -0.3 is 9.83 Å². The summed E-state index contributed by atoms with van der Waals surface area (Å²) in [5, 5.41) is 7.93. The summed E-state index contributed by atoms with van der Waals surface area (Å²) in [6.07, 6.45) is -3.03. The average molecular weight is 279 g/mol. The van der Waals surface area contributed by atoms with Crippen molar-refractivity contribution in [3.8, 4) is 0 Å². The fourth-order valence-electron chi connectivity index (χ4n) is 2.69. The molecule has 2 aromatic rings. The van der Waals surface area contributed by atoms with E-state index in [0.29, 0.717) is 12.8 Å². The lowest BCUT2D eigenvalue weighted by atomic mass is 9.81. The summed E-state index contributed by atoms with van der Waals surface area (Å²) < 4.78 is 43.6. The van der Waals surface area contributed by atoms with Crippen molar-refractivity contribution in [2.75, 3.05) is 0 Å². The minimum atomic E-state index is -4.47. The highest BCUT2D eigenvalue weighted by molar-refractivity contribution is 6.02. The van der Waals surface area contributed by atoms with Crippen LogP contribution in [0.25, 0.3) is 0 Å². The van der Waals surface area contributed by atoms with Gasteiger partial charge in [0, 0.05) is 17.7 Å². The minimum absolute atomic E-state index is 0.00109. The molecule has 0 aliphatic heterocycles. The van der Waals surface area contributed by atoms with E-state index in [0.717, 1.165) is 11.8 Å². The number of fused-ring (bicyclic) bond motifs is 1. The van der Waals surface area contributed by atoms with Gasteiger partial charge in [-0.1, -0.05) is 30.3 Å². The van der Waals surface area contributed by atoms with E-state index in [1.807, 2.05) is 30.3 Å². The Morgan fingerprint density at radius 3 is 2.45 bits per heavy atom. The first kappa shape index (κ1) is 13.0. The van der Waals surface area contributed by atoms with E-state index in [2.05, 4.69) is 0 Å². The zero-order valence-corrected chi connectivity index (χ0v) is 10.5. The van der Waals surface area contributed by atoms with Gasteiger partial charge in [0.15, 0.2) is 0 Å². The second-order valence-corrected chi connectivity index (χ2v) is 4.94. The fraction of sp³-hybridized carbons (Fsp3) is 0.267. The van der Waals surface area contributed by atoms with Crippen LogP contribution in [0.4, 0.5) is 13.2 Å². The molecule has 1 aromatic carbocycles. The molecule has 1 atom stereocenters. The van der Waals surface area contributed by atoms with E-state index in [4.69, 9.17) is 9.83 Å². The van der Waals surface area contributed by atoms with Gasteiger partial charge in [-0.05, 0) is 17.9 Å². The summed E-state index contributed by atoms with van der Waals surface area (Å²) in [5.41, 5.74) is 0.128. The van der Waals surface area contributed by atoms with Crippen LogP contribution in [0.15, 0.2) is 41.0 Å². The zero-order chi connectivity index (χ0) is 14.3. The standard InChI is InChI=1S/C15H12F3NO/c16-15(17,18)11-8-20-13-7-10(6-12(19)14(11)13)9-4-2-1-3-5-9/h1-5,8,10,19H,6-7H2. The van der Waals surface area contributed by atoms with Crippen LogP contribution in [-0.2, 0) is 12.6 Å². The van der Waals surface area contributed by atoms with Crippen molar-refractivity contribution >= 4 is 5.71 Å². The zero-order valence-electron chi connectivity index (χ0n) is 10.5. The molecule has 0 spiro atoms. The lowest BCUT2D eigenvalue weighted by Gasteiger charge is -2.23. The molecule has 0 bridgehead atoms. The molecule has 1 aromatic heterocycles. The van der Waals surface area contributed by atoms with E-state index in [1.165, 1.54) is 0 Å². The van der Waals surface area contributed by atoms with Crippen LogP contribution in [0.5, 0.6) is 0 Å². The van der Waals surface area contributed by atoms with Gasteiger partial charge in [0.2, 0.25) is 0 Å². The molecule has 1 heterocycles. The van der Waals surface area contributed by atoms with Crippen molar-refractivity contribution in [1.82, 2.24) is 0 Å². The third-order valence-corrected chi connectivity index (χ3v) is 3.63. The highest BCUT2D eigenvalue weighted by Gasteiger charge is 2.40. The highest BCUT2D eigenvalue weighted by Crippen LogP contribution is 2.40. The lowest BCUT2D eigenvalue weighted by Crippen LogP contribution is -2.20. The van der Waals surface area contributed by atoms with Crippen molar-refractivity contribution in [1.29, 1.82) is 5.41 Å². The molecular weight excluding hydrogens is 267 g/mol. The summed E-state index contributed by atoms with van der Waals surface area (Å²) in [5.74, 6) is 0.269. The maximum atomic E-state index is 12.8. The van der Waals surface area contributed by atoms with Crippen molar-refractivity contribution in [2.45, 2.75) is 24.9 Å². The molecule has 0 saturated heterocycles. The molecule has 0 fully saturated rings. The minimum Gasteiger partial charge on any atom is -0.468 e. The Balaban J connectivity index is 1.98. The van der Waals surface area contributed by atoms with Crippen LogP contribution in [0, 0.1) is 5.41 Å². The molecule has 1 N–H and O–H groups in total. The fourth-order valence-corrected chi connectivity index (χ4v) is 2.69. The average Bonchev–Trinajstić information content (AvgIpc) is 2.84. The Labute approximate surface area is 113 Å². The maximum Gasteiger partial charge on any atom is 0.420 e. The molecule has 3 rings (SSSR count). The normalized spacial score (nSPS) is 18.9. The van der Waals surface area contributed by atoms with Crippen molar-refractivity contribution < 1.29 is 17.6 Å². The lowest BCUT2D eigenvalue weighted by molar-refractivity contribution is -0.138. The molecule has 1 aliphatic carbocycles. The number of alkyl halides is 3. The van der Waals surface area contributed by atoms with Crippen LogP contribution in [0.3, 0.4) is 0 Å². The monoisotopic (exact) mass is 279 g/mol. The van der Waals surface area contributed by atoms with Crippen molar-refractivity contribution in [3.05, 3.63) is 59.0 Å². The summed E-state index contributed by atoms with van der Waals surface area (Å²) >= 11 is 0. The second-order valence-electron chi connectivity index (χ2n) is 4.94. The summed E-state index contributed by atoms with van der Waals surface area (Å²) in [7, 11) is 0. The van der Waals surface area contributed by atoms with Gasteiger partial charge in [0.25, 0.3) is 0 Å². The second kappa shape index (κ2) is 4.51. The van der Waals surface area contributed by atoms with E-state index in [-0.39, 0.29) is 23.0 Å². The molecular formula is C15H12F3NO. The first-order valence-electron chi connectivity index (χ1n) is 6.27. The predicted molar refractivity (Wildman–Crippen MR) is 68.0 cm³/mol. The smallest absolute Gasteiger partial charge is 0.420 e. The third kappa shape index (κ3) is 2.13. The van der Waals surface area contributed by atoms with Gasteiger partial charge in [-0.3, -0.25) is 0 Å². The quantitative estimate of drug-likeness (QED) is 0.825. The first-order chi connectivity index (χ1) is 9.47. The molecule has 5 heteroatoms. The van der Waals surface area contributed by atoms with Gasteiger partial charge in [-0.15, -0.1) is 0 Å². The van der Waals surface area contributed by atoms with Gasteiger partial charge >= 0.3 is 6.18 Å². The Hall–Kier alpha value is -2.04. The maximum absolute atomic E-state index is 12.8. The highest BCUT2D eigenvalue weighted by atomic mass is 19.4. The predicted octanol–water partition coefficient (Wildman–Crippen LogP) is 4.40. The molecule has 0 radical (unpaired) electrons. The van der Waals surface area contributed by atoms with Crippen LogP contribution >= 0.6 is 0 Å². The van der Waals surface area contributed by atoms with Crippen LogP contribution in [0.2, 0.25) is 0 Å². The van der Waals surface area contributed by atoms with Gasteiger partial charge in [0.1, 0.15) is 17.6 Å². The summed E-state index contributed by atoms with van der Waals surface area (Å²) in [6.45, 7) is 0. The molecule has 20 heavy (non-hydrogen) atoms. The first-order valence-corrected chi connectivity index (χ1v) is 6.27. The number of benzene rings is 1. The topological polar surface area (TPSA) is 37.0 Å². The van der Waals surface area contributed by atoms with Gasteiger partial charge in [0.05, 0.1) is 0 Å². The molecule has 0 amide bonds. The summed E-state index contributed by atoms with van der Waals surface area (Å²) in [6, 6.07) is 9.51. The summed E-state index contributed by atoms with van der Waals surface area (Å²) in [4.78, 5) is 0. The van der Waals surface area contributed by atoms with E-state index in [1.54, 1.807) is 0 Å². The number of furan rings is 1. The Bertz CT molecular complexity index is 643. The third-order valence-electron chi connectivity index (χ3n) is 3.63. The Morgan fingerprint density at radius 2 is 1.80 bits per heavy atom. The Kier molecular flexibility index (Phi) is 2.92. The molecule has 2 nitrogen and oxygen atoms in total. The van der Waals surface area contributed by atoms with Crippen LogP contribution in [0.1, 0.15) is 34.8 Å². The number of halogens is 3. The van der Waals surface area contributed by atoms with Gasteiger partial charge in [-0.2, -0.15) is 13.2 Å². The SMILES string of the molecule is N=C1CC(c2ccccc2)Cc2occ(C(F)(F)F)c21. The number of rotatable bonds is 1. The largest absolute Gasteiger partial charge is 0.468 e. The van der Waals surface area contributed by atoms with E-state index >= 15 is 0 Å². The molecule has 1 aliphatic rings. The van der Waals surface area contributed by atoms with Crippen molar-refractivity contribution in [2.24, 2.45) is 0 Å². The molecule has 1 unspecified atom stereocenters. The number of hydrogen-bond acceptors (Lipinski definition) is 2. The number of hydrogen-bond donors (Lipinski definition) is 1. The van der Waals surface area contributed by atoms with Crippen molar-refractivity contribution in [3.63, 3.8) is 0 Å². The van der Waals surface area contributed by atoms with E-state index < -0.39 is 11.7 Å². The van der Waals surface area contributed by atoms with Crippen LogP contribution < -0.4 is 0 Å². The Morgan fingerprint density at radius 1 is 1.10 bits per heavy atom.